The molecule has 0 atom stereocenters. The number of hydrogen-bond acceptors (Lipinski definition) is 1. The van der Waals surface area contributed by atoms with E-state index in [1.807, 2.05) is 0 Å². The maximum Gasteiger partial charge on any atom is 0.0140 e. The number of rotatable bonds is 1. The Balaban J connectivity index is 0.000000845. The molecule has 0 saturated carbocycles. The van der Waals surface area contributed by atoms with E-state index in [-0.39, 0.29) is 17.0 Å². The van der Waals surface area contributed by atoms with Crippen LogP contribution in [0.15, 0.2) is 36.4 Å². The van der Waals surface area contributed by atoms with Gasteiger partial charge in [0.15, 0.2) is 0 Å². The minimum Gasteiger partial charge on any atom is -0.313 e. The molecule has 0 amide bonds. The Labute approximate surface area is 89.6 Å². The fourth-order valence-electron chi connectivity index (χ4n) is 1.54. The quantitative estimate of drug-likeness (QED) is 0.795. The van der Waals surface area contributed by atoms with Crippen molar-refractivity contribution in [1.29, 1.82) is 0 Å². The molecular formula is C11H14BrN. The Kier molecular flexibility index (Phi) is 4.19. The summed E-state index contributed by atoms with van der Waals surface area (Å²) in [6.45, 7) is 2.13. The molecule has 1 aromatic rings. The van der Waals surface area contributed by atoms with Gasteiger partial charge in [-0.15, -0.1) is 17.0 Å². The van der Waals surface area contributed by atoms with Gasteiger partial charge in [-0.25, -0.2) is 0 Å². The molecule has 0 bridgehead atoms. The standard InChI is InChI=1S/C11H13N.BrH/c1-2-4-10(5-3-1)11-6-8-12-9-7-11;/h1-6,12H,7-9H2;1H. The topological polar surface area (TPSA) is 12.0 Å². The molecule has 0 fully saturated rings. The molecule has 1 heterocycles. The molecule has 13 heavy (non-hydrogen) atoms. The van der Waals surface area contributed by atoms with Gasteiger partial charge in [-0.3, -0.25) is 0 Å². The molecule has 0 aromatic heterocycles. The highest BCUT2D eigenvalue weighted by molar-refractivity contribution is 8.93. The monoisotopic (exact) mass is 239 g/mol. The van der Waals surface area contributed by atoms with Crippen molar-refractivity contribution in [2.24, 2.45) is 0 Å². The van der Waals surface area contributed by atoms with Crippen LogP contribution in [-0.2, 0) is 0 Å². The van der Waals surface area contributed by atoms with Crippen LogP contribution in [0.25, 0.3) is 5.57 Å². The van der Waals surface area contributed by atoms with Gasteiger partial charge in [0.25, 0.3) is 0 Å². The highest BCUT2D eigenvalue weighted by Gasteiger charge is 2.03. The van der Waals surface area contributed by atoms with Gasteiger partial charge in [-0.1, -0.05) is 36.4 Å². The normalized spacial score (nSPS) is 15.8. The van der Waals surface area contributed by atoms with Crippen molar-refractivity contribution in [3.63, 3.8) is 0 Å². The van der Waals surface area contributed by atoms with Crippen LogP contribution in [0.5, 0.6) is 0 Å². The third-order valence-electron chi connectivity index (χ3n) is 2.21. The van der Waals surface area contributed by atoms with Gasteiger partial charge in [0, 0.05) is 6.54 Å². The second kappa shape index (κ2) is 5.20. The first-order valence-electron chi connectivity index (χ1n) is 4.42. The largest absolute Gasteiger partial charge is 0.313 e. The lowest BCUT2D eigenvalue weighted by atomic mass is 10.0. The van der Waals surface area contributed by atoms with E-state index in [2.05, 4.69) is 41.7 Å². The maximum atomic E-state index is 3.31. The zero-order valence-corrected chi connectivity index (χ0v) is 9.21. The number of nitrogens with one attached hydrogen (secondary N) is 1. The molecule has 2 rings (SSSR count). The van der Waals surface area contributed by atoms with Crippen molar-refractivity contribution >= 4 is 22.6 Å². The molecule has 0 radical (unpaired) electrons. The fraction of sp³-hybridized carbons (Fsp3) is 0.273. The second-order valence-corrected chi connectivity index (χ2v) is 3.05. The molecule has 0 aliphatic carbocycles. The van der Waals surface area contributed by atoms with Crippen LogP contribution in [0.1, 0.15) is 12.0 Å². The summed E-state index contributed by atoms with van der Waals surface area (Å²) in [5.41, 5.74) is 2.85. The van der Waals surface area contributed by atoms with Gasteiger partial charge in [-0.05, 0) is 24.1 Å². The Bertz CT molecular complexity index is 279. The Morgan fingerprint density at radius 3 is 2.46 bits per heavy atom. The molecule has 2 heteroatoms. The molecule has 1 aliphatic heterocycles. The molecular weight excluding hydrogens is 226 g/mol. The first-order valence-corrected chi connectivity index (χ1v) is 4.42. The number of benzene rings is 1. The van der Waals surface area contributed by atoms with E-state index in [1.165, 1.54) is 11.1 Å². The highest BCUT2D eigenvalue weighted by atomic mass is 79.9. The summed E-state index contributed by atoms with van der Waals surface area (Å²) in [6, 6.07) is 10.6. The van der Waals surface area contributed by atoms with Crippen molar-refractivity contribution in [2.75, 3.05) is 13.1 Å². The minimum atomic E-state index is 0. The van der Waals surface area contributed by atoms with Crippen molar-refractivity contribution in [1.82, 2.24) is 5.32 Å². The van der Waals surface area contributed by atoms with E-state index in [0.29, 0.717) is 0 Å². The first-order chi connectivity index (χ1) is 5.97. The predicted molar refractivity (Wildman–Crippen MR) is 62.2 cm³/mol. The van der Waals surface area contributed by atoms with Gasteiger partial charge in [0.2, 0.25) is 0 Å². The van der Waals surface area contributed by atoms with Crippen LogP contribution in [0.2, 0.25) is 0 Å². The molecule has 0 unspecified atom stereocenters. The predicted octanol–water partition coefficient (Wildman–Crippen LogP) is 2.64. The Morgan fingerprint density at radius 1 is 1.08 bits per heavy atom. The van der Waals surface area contributed by atoms with E-state index in [9.17, 15) is 0 Å². The molecule has 1 N–H and O–H groups in total. The van der Waals surface area contributed by atoms with Crippen LogP contribution in [0.3, 0.4) is 0 Å². The van der Waals surface area contributed by atoms with Crippen LogP contribution < -0.4 is 5.32 Å². The lowest BCUT2D eigenvalue weighted by molar-refractivity contribution is 0.738. The molecule has 0 saturated heterocycles. The Hall–Kier alpha value is -0.600. The molecule has 0 spiro atoms. The van der Waals surface area contributed by atoms with Gasteiger partial charge in [0.1, 0.15) is 0 Å². The smallest absolute Gasteiger partial charge is 0.0140 e. The maximum absolute atomic E-state index is 3.31. The van der Waals surface area contributed by atoms with E-state index < -0.39 is 0 Å². The zero-order chi connectivity index (χ0) is 8.23. The average Bonchev–Trinajstić information content (AvgIpc) is 2.21. The number of hydrogen-bond donors (Lipinski definition) is 1. The van der Waals surface area contributed by atoms with Crippen LogP contribution >= 0.6 is 17.0 Å². The minimum absolute atomic E-state index is 0. The summed E-state index contributed by atoms with van der Waals surface area (Å²) in [5.74, 6) is 0. The lowest BCUT2D eigenvalue weighted by Gasteiger charge is -2.13. The Morgan fingerprint density at radius 2 is 1.85 bits per heavy atom. The van der Waals surface area contributed by atoms with E-state index in [1.54, 1.807) is 0 Å². The third kappa shape index (κ3) is 2.68. The zero-order valence-electron chi connectivity index (χ0n) is 7.49. The van der Waals surface area contributed by atoms with E-state index in [0.717, 1.165) is 19.5 Å². The summed E-state index contributed by atoms with van der Waals surface area (Å²) < 4.78 is 0. The summed E-state index contributed by atoms with van der Waals surface area (Å²) in [7, 11) is 0. The first kappa shape index (κ1) is 10.5. The van der Waals surface area contributed by atoms with Gasteiger partial charge in [0.05, 0.1) is 0 Å². The molecule has 1 aliphatic rings. The summed E-state index contributed by atoms with van der Waals surface area (Å²) in [4.78, 5) is 0. The molecule has 1 nitrogen and oxygen atoms in total. The molecule has 1 aromatic carbocycles. The van der Waals surface area contributed by atoms with Crippen molar-refractivity contribution in [2.45, 2.75) is 6.42 Å². The third-order valence-corrected chi connectivity index (χ3v) is 2.21. The SMILES string of the molecule is Br.C1=C(c2ccccc2)CCNC1. The van der Waals surface area contributed by atoms with Crippen LogP contribution in [0, 0.1) is 0 Å². The number of halogens is 1. The van der Waals surface area contributed by atoms with Crippen LogP contribution in [0.4, 0.5) is 0 Å². The second-order valence-electron chi connectivity index (χ2n) is 3.05. The fourth-order valence-corrected chi connectivity index (χ4v) is 1.54. The summed E-state index contributed by atoms with van der Waals surface area (Å²) in [6.07, 6.45) is 3.43. The lowest BCUT2D eigenvalue weighted by Crippen LogP contribution is -2.19. The van der Waals surface area contributed by atoms with E-state index in [4.69, 9.17) is 0 Å². The van der Waals surface area contributed by atoms with E-state index >= 15 is 0 Å². The van der Waals surface area contributed by atoms with Crippen LogP contribution in [-0.4, -0.2) is 13.1 Å². The summed E-state index contributed by atoms with van der Waals surface area (Å²) in [5, 5.41) is 3.31. The van der Waals surface area contributed by atoms with Gasteiger partial charge < -0.3 is 5.32 Å². The van der Waals surface area contributed by atoms with Crippen molar-refractivity contribution in [3.8, 4) is 0 Å². The van der Waals surface area contributed by atoms with Crippen molar-refractivity contribution in [3.05, 3.63) is 42.0 Å². The average molecular weight is 240 g/mol. The summed E-state index contributed by atoms with van der Waals surface area (Å²) >= 11 is 0. The van der Waals surface area contributed by atoms with Crippen molar-refractivity contribution < 1.29 is 0 Å². The van der Waals surface area contributed by atoms with Gasteiger partial charge >= 0.3 is 0 Å². The highest BCUT2D eigenvalue weighted by Crippen LogP contribution is 2.18. The molecule has 70 valence electrons. The van der Waals surface area contributed by atoms with Gasteiger partial charge in [-0.2, -0.15) is 0 Å².